The van der Waals surface area contributed by atoms with Crippen LogP contribution >= 0.6 is 0 Å². The van der Waals surface area contributed by atoms with E-state index in [1.165, 1.54) is 5.56 Å². The number of rotatable bonds is 7. The van der Waals surface area contributed by atoms with Crippen molar-refractivity contribution in [2.24, 2.45) is 0 Å². The van der Waals surface area contributed by atoms with Crippen molar-refractivity contribution in [3.8, 4) is 0 Å². The molecule has 0 amide bonds. The summed E-state index contributed by atoms with van der Waals surface area (Å²) in [5.74, 6) is 0. The quantitative estimate of drug-likeness (QED) is 0.631. The Labute approximate surface area is 92.0 Å². The molecule has 2 heteroatoms. The van der Waals surface area contributed by atoms with Gasteiger partial charge in [-0.05, 0) is 24.1 Å². The van der Waals surface area contributed by atoms with E-state index >= 15 is 0 Å². The zero-order chi connectivity index (χ0) is 10.9. The van der Waals surface area contributed by atoms with E-state index in [2.05, 4.69) is 35.2 Å². The predicted octanol–water partition coefficient (Wildman–Crippen LogP) is 2.30. The highest BCUT2D eigenvalue weighted by Crippen LogP contribution is 2.00. The topological polar surface area (TPSA) is 16.1 Å². The molecule has 80 valence electrons. The molecule has 0 atom stereocenters. The molecule has 0 unspecified atom stereocenters. The molecular formula is C13H18N2. The molecule has 1 aromatic heterocycles. The number of hydrogen-bond donors (Lipinski definition) is 0. The second-order valence-corrected chi connectivity index (χ2v) is 3.44. The predicted molar refractivity (Wildman–Crippen MR) is 64.8 cm³/mol. The number of aromatic nitrogens is 1. The Balaban J connectivity index is 2.39. The Hall–Kier alpha value is -1.41. The summed E-state index contributed by atoms with van der Waals surface area (Å²) in [7, 11) is 0. The summed E-state index contributed by atoms with van der Waals surface area (Å²) in [5.41, 5.74) is 1.32. The van der Waals surface area contributed by atoms with Gasteiger partial charge in [0.15, 0.2) is 0 Å². The van der Waals surface area contributed by atoms with Gasteiger partial charge in [0.2, 0.25) is 0 Å². The molecule has 0 spiro atoms. The normalized spacial score (nSPS) is 10.2. The zero-order valence-corrected chi connectivity index (χ0v) is 9.10. The van der Waals surface area contributed by atoms with Crippen molar-refractivity contribution < 1.29 is 0 Å². The molecule has 1 heterocycles. The molecule has 0 aliphatic heterocycles. The lowest BCUT2D eigenvalue weighted by molar-refractivity contribution is 0.340. The number of pyridine rings is 1. The molecule has 1 aromatic rings. The molecule has 15 heavy (non-hydrogen) atoms. The van der Waals surface area contributed by atoms with Crippen LogP contribution in [0.15, 0.2) is 49.8 Å². The second-order valence-electron chi connectivity index (χ2n) is 3.44. The molecule has 0 bridgehead atoms. The number of hydrogen-bond acceptors (Lipinski definition) is 2. The van der Waals surface area contributed by atoms with Crippen molar-refractivity contribution in [2.45, 2.75) is 6.42 Å². The molecule has 0 aromatic carbocycles. The first-order valence-electron chi connectivity index (χ1n) is 5.20. The summed E-state index contributed by atoms with van der Waals surface area (Å²) in [5, 5.41) is 0. The van der Waals surface area contributed by atoms with Gasteiger partial charge in [-0.3, -0.25) is 9.88 Å². The third-order valence-electron chi connectivity index (χ3n) is 2.24. The Kier molecular flexibility index (Phi) is 5.41. The fourth-order valence-electron chi connectivity index (χ4n) is 1.46. The van der Waals surface area contributed by atoms with Gasteiger partial charge in [-0.1, -0.05) is 12.2 Å². The first-order chi connectivity index (χ1) is 7.36. The molecule has 0 aliphatic carbocycles. The molecule has 0 aliphatic rings. The van der Waals surface area contributed by atoms with Crippen LogP contribution in [0.1, 0.15) is 5.56 Å². The summed E-state index contributed by atoms with van der Waals surface area (Å²) < 4.78 is 0. The van der Waals surface area contributed by atoms with Crippen LogP contribution in [0.5, 0.6) is 0 Å². The van der Waals surface area contributed by atoms with Crippen LogP contribution in [-0.2, 0) is 6.42 Å². The van der Waals surface area contributed by atoms with E-state index in [9.17, 15) is 0 Å². The maximum atomic E-state index is 4.00. The third-order valence-corrected chi connectivity index (χ3v) is 2.24. The maximum Gasteiger partial charge on any atom is 0.0270 e. The van der Waals surface area contributed by atoms with Gasteiger partial charge < -0.3 is 0 Å². The molecule has 0 saturated carbocycles. The van der Waals surface area contributed by atoms with Gasteiger partial charge in [-0.25, -0.2) is 0 Å². The Morgan fingerprint density at radius 2 is 1.73 bits per heavy atom. The molecule has 0 radical (unpaired) electrons. The van der Waals surface area contributed by atoms with Gasteiger partial charge in [0.25, 0.3) is 0 Å². The van der Waals surface area contributed by atoms with Crippen molar-refractivity contribution in [1.29, 1.82) is 0 Å². The zero-order valence-electron chi connectivity index (χ0n) is 9.10. The van der Waals surface area contributed by atoms with Gasteiger partial charge in [0, 0.05) is 32.0 Å². The summed E-state index contributed by atoms with van der Waals surface area (Å²) in [6.45, 7) is 10.4. The average molecular weight is 202 g/mol. The molecule has 0 N–H and O–H groups in total. The monoisotopic (exact) mass is 202 g/mol. The highest BCUT2D eigenvalue weighted by Gasteiger charge is 2.00. The minimum atomic E-state index is 0.914. The fraction of sp³-hybridized carbons (Fsp3) is 0.308. The molecule has 0 saturated heterocycles. The van der Waals surface area contributed by atoms with Crippen molar-refractivity contribution >= 4 is 0 Å². The van der Waals surface area contributed by atoms with Crippen molar-refractivity contribution in [3.63, 3.8) is 0 Å². The second kappa shape index (κ2) is 6.96. The Bertz CT molecular complexity index is 283. The van der Waals surface area contributed by atoms with Gasteiger partial charge in [0.05, 0.1) is 0 Å². The average Bonchev–Trinajstić information content (AvgIpc) is 2.28. The maximum absolute atomic E-state index is 4.00. The minimum absolute atomic E-state index is 0.914. The lowest BCUT2D eigenvalue weighted by Crippen LogP contribution is -2.26. The van der Waals surface area contributed by atoms with Crippen LogP contribution in [0.3, 0.4) is 0 Å². The summed E-state index contributed by atoms with van der Waals surface area (Å²) in [6.07, 6.45) is 8.57. The van der Waals surface area contributed by atoms with E-state index in [1.807, 2.05) is 24.5 Å². The van der Waals surface area contributed by atoms with Crippen LogP contribution < -0.4 is 0 Å². The van der Waals surface area contributed by atoms with Gasteiger partial charge in [-0.2, -0.15) is 0 Å². The van der Waals surface area contributed by atoms with Gasteiger partial charge in [-0.15, -0.1) is 13.2 Å². The van der Waals surface area contributed by atoms with Crippen molar-refractivity contribution in [2.75, 3.05) is 19.6 Å². The molecule has 0 fully saturated rings. The first kappa shape index (κ1) is 11.7. The Morgan fingerprint density at radius 1 is 1.13 bits per heavy atom. The van der Waals surface area contributed by atoms with Crippen LogP contribution in [0, 0.1) is 0 Å². The lowest BCUT2D eigenvalue weighted by Gasteiger charge is -2.18. The van der Waals surface area contributed by atoms with Gasteiger partial charge in [0.1, 0.15) is 0 Å². The first-order valence-corrected chi connectivity index (χ1v) is 5.20. The fourth-order valence-corrected chi connectivity index (χ4v) is 1.46. The third kappa shape index (κ3) is 4.56. The van der Waals surface area contributed by atoms with E-state index in [0.717, 1.165) is 26.1 Å². The number of nitrogens with zero attached hydrogens (tertiary/aromatic N) is 2. The van der Waals surface area contributed by atoms with Gasteiger partial charge >= 0.3 is 0 Å². The summed E-state index contributed by atoms with van der Waals surface area (Å²) in [6, 6.07) is 4.11. The molecule has 1 rings (SSSR count). The van der Waals surface area contributed by atoms with Crippen LogP contribution in [-0.4, -0.2) is 29.5 Å². The van der Waals surface area contributed by atoms with E-state index < -0.39 is 0 Å². The highest BCUT2D eigenvalue weighted by atomic mass is 15.1. The molecule has 2 nitrogen and oxygen atoms in total. The largest absolute Gasteiger partial charge is 0.296 e. The molecular weight excluding hydrogens is 184 g/mol. The SMILES string of the molecule is C=CCN(CC=C)CCc1ccncc1. The smallest absolute Gasteiger partial charge is 0.0270 e. The van der Waals surface area contributed by atoms with E-state index in [4.69, 9.17) is 0 Å². The van der Waals surface area contributed by atoms with Crippen LogP contribution in [0.4, 0.5) is 0 Å². The van der Waals surface area contributed by atoms with E-state index in [-0.39, 0.29) is 0 Å². The summed E-state index contributed by atoms with van der Waals surface area (Å²) in [4.78, 5) is 6.31. The standard InChI is InChI=1S/C13H18N2/c1-3-10-15(11-4-2)12-7-13-5-8-14-9-6-13/h3-6,8-9H,1-2,7,10-12H2. The minimum Gasteiger partial charge on any atom is -0.296 e. The Morgan fingerprint density at radius 3 is 2.27 bits per heavy atom. The summed E-state index contributed by atoms with van der Waals surface area (Å²) >= 11 is 0. The van der Waals surface area contributed by atoms with E-state index in [0.29, 0.717) is 0 Å². The van der Waals surface area contributed by atoms with E-state index in [1.54, 1.807) is 0 Å². The van der Waals surface area contributed by atoms with Crippen molar-refractivity contribution in [3.05, 3.63) is 55.4 Å². The lowest BCUT2D eigenvalue weighted by atomic mass is 10.2. The van der Waals surface area contributed by atoms with Crippen molar-refractivity contribution in [1.82, 2.24) is 9.88 Å². The highest BCUT2D eigenvalue weighted by molar-refractivity contribution is 5.10. The van der Waals surface area contributed by atoms with Crippen LogP contribution in [0.25, 0.3) is 0 Å². The van der Waals surface area contributed by atoms with Crippen LogP contribution in [0.2, 0.25) is 0 Å².